The van der Waals surface area contributed by atoms with Crippen LogP contribution in [0.15, 0.2) is 22.3 Å². The van der Waals surface area contributed by atoms with Gasteiger partial charge in [0.15, 0.2) is 0 Å². The predicted molar refractivity (Wildman–Crippen MR) is 83.6 cm³/mol. The summed E-state index contributed by atoms with van der Waals surface area (Å²) in [5.41, 5.74) is 10.7. The second kappa shape index (κ2) is 6.61. The smallest absolute Gasteiger partial charge is 0.0798 e. The lowest BCUT2D eigenvalue weighted by molar-refractivity contribution is 0.203. The van der Waals surface area contributed by atoms with Crippen molar-refractivity contribution in [2.75, 3.05) is 7.05 Å². The van der Waals surface area contributed by atoms with Gasteiger partial charge in [-0.25, -0.2) is 4.98 Å². The molecular weight excluding hydrogens is 274 g/mol. The van der Waals surface area contributed by atoms with Gasteiger partial charge in [0.25, 0.3) is 0 Å². The molecule has 2 heterocycles. The number of aromatic nitrogens is 1. The van der Waals surface area contributed by atoms with Crippen LogP contribution in [0.3, 0.4) is 0 Å². The molecule has 2 N–H and O–H groups in total. The minimum Gasteiger partial charge on any atom is -0.326 e. The van der Waals surface area contributed by atoms with Gasteiger partial charge in [-0.05, 0) is 42.8 Å². The van der Waals surface area contributed by atoms with E-state index in [-0.39, 0.29) is 12.1 Å². The van der Waals surface area contributed by atoms with E-state index in [1.165, 1.54) is 10.4 Å². The van der Waals surface area contributed by atoms with Gasteiger partial charge in [0.1, 0.15) is 0 Å². The Morgan fingerprint density at radius 3 is 2.79 bits per heavy atom. The molecule has 0 spiro atoms. The Balaban J connectivity index is 2.17. The van der Waals surface area contributed by atoms with Gasteiger partial charge in [-0.2, -0.15) is 11.3 Å². The first-order valence-corrected chi connectivity index (χ1v) is 8.32. The van der Waals surface area contributed by atoms with Crippen molar-refractivity contribution in [3.8, 4) is 0 Å². The van der Waals surface area contributed by atoms with Gasteiger partial charge in [0.05, 0.1) is 17.2 Å². The molecule has 0 bridgehead atoms. The minimum atomic E-state index is 0.160. The van der Waals surface area contributed by atoms with Gasteiger partial charge in [-0.1, -0.05) is 6.92 Å². The summed E-state index contributed by atoms with van der Waals surface area (Å²) in [6, 6.07) is 2.62. The Morgan fingerprint density at radius 2 is 2.26 bits per heavy atom. The highest BCUT2D eigenvalue weighted by molar-refractivity contribution is 7.09. The van der Waals surface area contributed by atoms with Crippen LogP contribution in [-0.4, -0.2) is 23.0 Å². The predicted octanol–water partition coefficient (Wildman–Crippen LogP) is 3.42. The first-order valence-electron chi connectivity index (χ1n) is 6.50. The van der Waals surface area contributed by atoms with E-state index in [0.717, 1.165) is 18.7 Å². The largest absolute Gasteiger partial charge is 0.326 e. The first-order chi connectivity index (χ1) is 9.13. The van der Waals surface area contributed by atoms with Crippen LogP contribution in [0.5, 0.6) is 0 Å². The fourth-order valence-corrected chi connectivity index (χ4v) is 3.83. The Bertz CT molecular complexity index is 493. The number of rotatable bonds is 6. The van der Waals surface area contributed by atoms with Crippen LogP contribution in [0.1, 0.15) is 35.5 Å². The monoisotopic (exact) mass is 295 g/mol. The van der Waals surface area contributed by atoms with E-state index in [4.69, 9.17) is 5.73 Å². The Hall–Kier alpha value is -0.750. The molecule has 0 aromatic carbocycles. The lowest BCUT2D eigenvalue weighted by Crippen LogP contribution is -2.38. The van der Waals surface area contributed by atoms with Crippen LogP contribution in [0.4, 0.5) is 0 Å². The summed E-state index contributed by atoms with van der Waals surface area (Å²) in [5, 5.41) is 4.33. The van der Waals surface area contributed by atoms with Crippen LogP contribution in [0.25, 0.3) is 0 Å². The van der Waals surface area contributed by atoms with Crippen molar-refractivity contribution in [2.24, 2.45) is 5.73 Å². The van der Waals surface area contributed by atoms with Crippen molar-refractivity contribution in [3.05, 3.63) is 38.5 Å². The van der Waals surface area contributed by atoms with E-state index >= 15 is 0 Å². The highest BCUT2D eigenvalue weighted by Gasteiger charge is 2.24. The number of nitrogens with two attached hydrogens (primary N) is 1. The molecule has 0 saturated heterocycles. The van der Waals surface area contributed by atoms with E-state index in [9.17, 15) is 0 Å². The summed E-state index contributed by atoms with van der Waals surface area (Å²) in [6.07, 6.45) is 0.979. The number of thiophene rings is 1. The number of nitrogens with zero attached hydrogens (tertiary/aromatic N) is 2. The molecule has 2 unspecified atom stereocenters. The zero-order chi connectivity index (χ0) is 13.8. The molecule has 0 aliphatic rings. The van der Waals surface area contributed by atoms with E-state index in [0.29, 0.717) is 0 Å². The molecule has 2 aromatic rings. The standard InChI is InChI=1S/C14H21N3S2/c1-4-12(15)14(11-5-6-18-8-11)17(3)7-13-10(2)16-9-19-13/h5-6,8-9,12,14H,4,7,15H2,1-3H3. The van der Waals surface area contributed by atoms with Crippen LogP contribution >= 0.6 is 22.7 Å². The van der Waals surface area contributed by atoms with Crippen LogP contribution in [0.2, 0.25) is 0 Å². The molecule has 0 fully saturated rings. The van der Waals surface area contributed by atoms with Gasteiger partial charge in [-0.15, -0.1) is 11.3 Å². The fourth-order valence-electron chi connectivity index (χ4n) is 2.30. The van der Waals surface area contributed by atoms with Crippen molar-refractivity contribution in [2.45, 2.75) is 38.9 Å². The second-order valence-corrected chi connectivity index (χ2v) is 6.57. The van der Waals surface area contributed by atoms with Crippen LogP contribution in [-0.2, 0) is 6.54 Å². The van der Waals surface area contributed by atoms with Gasteiger partial charge >= 0.3 is 0 Å². The molecule has 2 rings (SSSR count). The molecule has 0 amide bonds. The van der Waals surface area contributed by atoms with E-state index < -0.39 is 0 Å². The fraction of sp³-hybridized carbons (Fsp3) is 0.500. The number of hydrogen-bond donors (Lipinski definition) is 1. The maximum absolute atomic E-state index is 6.33. The molecule has 2 aromatic heterocycles. The third-order valence-electron chi connectivity index (χ3n) is 3.47. The van der Waals surface area contributed by atoms with Gasteiger partial charge in [0.2, 0.25) is 0 Å². The number of aryl methyl sites for hydroxylation is 1. The second-order valence-electron chi connectivity index (χ2n) is 4.85. The lowest BCUT2D eigenvalue weighted by atomic mass is 9.99. The Morgan fingerprint density at radius 1 is 1.47 bits per heavy atom. The van der Waals surface area contributed by atoms with Crippen molar-refractivity contribution in [1.82, 2.24) is 9.88 Å². The normalized spacial score (nSPS) is 14.8. The quantitative estimate of drug-likeness (QED) is 0.888. The van der Waals surface area contributed by atoms with E-state index in [1.807, 2.05) is 5.51 Å². The number of hydrogen-bond acceptors (Lipinski definition) is 5. The van der Waals surface area contributed by atoms with Gasteiger partial charge < -0.3 is 5.73 Å². The summed E-state index contributed by atoms with van der Waals surface area (Å²) < 4.78 is 0. The average molecular weight is 295 g/mol. The average Bonchev–Trinajstić information content (AvgIpc) is 3.03. The van der Waals surface area contributed by atoms with E-state index in [1.54, 1.807) is 22.7 Å². The van der Waals surface area contributed by atoms with Crippen LogP contribution in [0, 0.1) is 6.92 Å². The van der Waals surface area contributed by atoms with Crippen molar-refractivity contribution in [1.29, 1.82) is 0 Å². The maximum Gasteiger partial charge on any atom is 0.0798 e. The maximum atomic E-state index is 6.33. The molecular formula is C14H21N3S2. The van der Waals surface area contributed by atoms with E-state index in [2.05, 4.69) is 47.6 Å². The molecule has 0 aliphatic carbocycles. The molecule has 0 aliphatic heterocycles. The third kappa shape index (κ3) is 3.42. The van der Waals surface area contributed by atoms with Crippen molar-refractivity contribution < 1.29 is 0 Å². The summed E-state index contributed by atoms with van der Waals surface area (Å²) in [5.74, 6) is 0. The molecule has 5 heteroatoms. The number of thiazole rings is 1. The molecule has 3 nitrogen and oxygen atoms in total. The Kier molecular flexibility index (Phi) is 5.10. The summed E-state index contributed by atoms with van der Waals surface area (Å²) >= 11 is 3.45. The zero-order valence-electron chi connectivity index (χ0n) is 11.7. The Labute approximate surface area is 123 Å². The van der Waals surface area contributed by atoms with Crippen molar-refractivity contribution in [3.63, 3.8) is 0 Å². The molecule has 2 atom stereocenters. The molecule has 0 saturated carbocycles. The molecule has 104 valence electrons. The lowest BCUT2D eigenvalue weighted by Gasteiger charge is -2.31. The first kappa shape index (κ1) is 14.7. The summed E-state index contributed by atoms with van der Waals surface area (Å²) in [7, 11) is 2.15. The molecule has 0 radical (unpaired) electrons. The number of likely N-dealkylation sites (N-methyl/N-ethyl adjacent to an activating group) is 1. The van der Waals surface area contributed by atoms with Crippen molar-refractivity contribution >= 4 is 22.7 Å². The van der Waals surface area contributed by atoms with Gasteiger partial charge in [0, 0.05) is 17.5 Å². The minimum absolute atomic E-state index is 0.160. The summed E-state index contributed by atoms with van der Waals surface area (Å²) in [4.78, 5) is 7.99. The van der Waals surface area contributed by atoms with Crippen LogP contribution < -0.4 is 5.73 Å². The van der Waals surface area contributed by atoms with Gasteiger partial charge in [-0.3, -0.25) is 4.90 Å². The molecule has 19 heavy (non-hydrogen) atoms. The zero-order valence-corrected chi connectivity index (χ0v) is 13.3. The highest BCUT2D eigenvalue weighted by atomic mass is 32.1. The topological polar surface area (TPSA) is 42.1 Å². The SMILES string of the molecule is CCC(N)C(c1ccsc1)N(C)Cc1scnc1C. The third-order valence-corrected chi connectivity index (χ3v) is 5.10. The highest BCUT2D eigenvalue weighted by Crippen LogP contribution is 2.28. The summed E-state index contributed by atoms with van der Waals surface area (Å²) in [6.45, 7) is 5.12.